The second-order valence-electron chi connectivity index (χ2n) is 5.00. The predicted octanol–water partition coefficient (Wildman–Crippen LogP) is 1.24. The standard InChI is InChI=1S/C12H16N6OS2/c1-16(2)11-14-15-12(21-11)20-9-4-5-18(10(9)19)8-6-13-17(3)7-8/h6-7,9H,4-5H2,1-3H3. The van der Waals surface area contributed by atoms with Crippen LogP contribution in [0.25, 0.3) is 0 Å². The maximum atomic E-state index is 12.5. The van der Waals surface area contributed by atoms with Gasteiger partial charge in [0.05, 0.1) is 17.1 Å². The highest BCUT2D eigenvalue weighted by Gasteiger charge is 2.34. The molecular weight excluding hydrogens is 308 g/mol. The molecular formula is C12H16N6OS2. The van der Waals surface area contributed by atoms with Crippen LogP contribution in [0.2, 0.25) is 0 Å². The van der Waals surface area contributed by atoms with Gasteiger partial charge in [-0.3, -0.25) is 9.48 Å². The third kappa shape index (κ3) is 2.88. The molecule has 3 rings (SSSR count). The van der Waals surface area contributed by atoms with Gasteiger partial charge in [-0.1, -0.05) is 23.1 Å². The number of hydrogen-bond acceptors (Lipinski definition) is 7. The second-order valence-corrected chi connectivity index (χ2v) is 7.41. The molecule has 1 saturated heterocycles. The summed E-state index contributed by atoms with van der Waals surface area (Å²) in [5, 5.41) is 13.1. The topological polar surface area (TPSA) is 67.2 Å². The van der Waals surface area contributed by atoms with E-state index >= 15 is 0 Å². The van der Waals surface area contributed by atoms with E-state index in [1.165, 1.54) is 23.1 Å². The molecule has 7 nitrogen and oxygen atoms in total. The molecule has 1 atom stereocenters. The van der Waals surface area contributed by atoms with E-state index in [9.17, 15) is 4.79 Å². The van der Waals surface area contributed by atoms with Crippen LogP contribution in [0.15, 0.2) is 16.7 Å². The highest BCUT2D eigenvalue weighted by molar-refractivity contribution is 8.02. The zero-order valence-electron chi connectivity index (χ0n) is 12.1. The van der Waals surface area contributed by atoms with E-state index in [1.54, 1.807) is 15.8 Å². The van der Waals surface area contributed by atoms with E-state index < -0.39 is 0 Å². The Balaban J connectivity index is 1.68. The van der Waals surface area contributed by atoms with Crippen molar-refractivity contribution in [2.75, 3.05) is 30.4 Å². The lowest BCUT2D eigenvalue weighted by Gasteiger charge is -2.13. The van der Waals surface area contributed by atoms with Crippen molar-refractivity contribution in [2.24, 2.45) is 7.05 Å². The van der Waals surface area contributed by atoms with Crippen LogP contribution >= 0.6 is 23.1 Å². The summed E-state index contributed by atoms with van der Waals surface area (Å²) in [6.07, 6.45) is 4.40. The average molecular weight is 324 g/mol. The molecule has 1 aliphatic heterocycles. The number of nitrogens with zero attached hydrogens (tertiary/aromatic N) is 6. The first-order valence-corrected chi connectivity index (χ1v) is 8.21. The molecule has 0 bridgehead atoms. The average Bonchev–Trinajstić information content (AvgIpc) is 3.13. The Bertz CT molecular complexity index is 652. The van der Waals surface area contributed by atoms with E-state index in [0.717, 1.165) is 28.1 Å². The molecule has 9 heteroatoms. The number of carbonyl (C=O) groups is 1. The molecule has 0 N–H and O–H groups in total. The number of aromatic nitrogens is 4. The highest BCUT2D eigenvalue weighted by atomic mass is 32.2. The fourth-order valence-corrected chi connectivity index (χ4v) is 4.17. The molecule has 112 valence electrons. The number of hydrogen-bond donors (Lipinski definition) is 0. The number of rotatable bonds is 4. The minimum atomic E-state index is -0.0897. The number of thioether (sulfide) groups is 1. The van der Waals surface area contributed by atoms with E-state index in [4.69, 9.17) is 0 Å². The first kappa shape index (κ1) is 14.3. The molecule has 2 aromatic heterocycles. The van der Waals surface area contributed by atoms with Crippen LogP contribution < -0.4 is 9.80 Å². The van der Waals surface area contributed by atoms with Crippen molar-refractivity contribution in [1.82, 2.24) is 20.0 Å². The largest absolute Gasteiger partial charge is 0.353 e. The summed E-state index contributed by atoms with van der Waals surface area (Å²) in [6.45, 7) is 0.724. The van der Waals surface area contributed by atoms with Gasteiger partial charge in [-0.25, -0.2) is 0 Å². The van der Waals surface area contributed by atoms with E-state index in [0.29, 0.717) is 0 Å². The van der Waals surface area contributed by atoms with Crippen LogP contribution in [0.5, 0.6) is 0 Å². The molecule has 1 aliphatic rings. The third-order valence-electron chi connectivity index (χ3n) is 3.18. The van der Waals surface area contributed by atoms with Gasteiger partial charge in [0.25, 0.3) is 0 Å². The molecule has 1 fully saturated rings. The lowest BCUT2D eigenvalue weighted by Crippen LogP contribution is -2.27. The van der Waals surface area contributed by atoms with Gasteiger partial charge in [-0.15, -0.1) is 10.2 Å². The first-order valence-electron chi connectivity index (χ1n) is 6.52. The molecule has 0 aliphatic carbocycles. The van der Waals surface area contributed by atoms with Crippen molar-refractivity contribution >= 4 is 39.8 Å². The van der Waals surface area contributed by atoms with Crippen molar-refractivity contribution in [2.45, 2.75) is 16.0 Å². The molecule has 0 aromatic carbocycles. The maximum Gasteiger partial charge on any atom is 0.240 e. The fraction of sp³-hybridized carbons (Fsp3) is 0.500. The minimum absolute atomic E-state index is 0.0897. The van der Waals surface area contributed by atoms with E-state index in [2.05, 4.69) is 15.3 Å². The third-order valence-corrected chi connectivity index (χ3v) is 5.61. The molecule has 21 heavy (non-hydrogen) atoms. The van der Waals surface area contributed by atoms with Crippen LogP contribution in [0, 0.1) is 0 Å². The van der Waals surface area contributed by atoms with Gasteiger partial charge in [-0.05, 0) is 6.42 Å². The van der Waals surface area contributed by atoms with Crippen molar-refractivity contribution < 1.29 is 4.79 Å². The van der Waals surface area contributed by atoms with Crippen molar-refractivity contribution in [3.8, 4) is 0 Å². The van der Waals surface area contributed by atoms with E-state index in [1.807, 2.05) is 32.2 Å². The Labute approximate surface area is 130 Å². The Morgan fingerprint density at radius 2 is 2.24 bits per heavy atom. The Morgan fingerprint density at radius 1 is 1.43 bits per heavy atom. The molecule has 1 unspecified atom stereocenters. The highest BCUT2D eigenvalue weighted by Crippen LogP contribution is 2.35. The van der Waals surface area contributed by atoms with Gasteiger partial charge in [0, 0.05) is 33.9 Å². The number of aryl methyl sites for hydroxylation is 1. The number of carbonyl (C=O) groups excluding carboxylic acids is 1. The number of anilines is 2. The number of amides is 1. The Morgan fingerprint density at radius 3 is 2.86 bits per heavy atom. The second kappa shape index (κ2) is 5.64. The van der Waals surface area contributed by atoms with Gasteiger partial charge < -0.3 is 9.80 Å². The van der Waals surface area contributed by atoms with Gasteiger partial charge in [-0.2, -0.15) is 5.10 Å². The smallest absolute Gasteiger partial charge is 0.240 e. The zero-order valence-corrected chi connectivity index (χ0v) is 13.7. The molecule has 1 amide bonds. The van der Waals surface area contributed by atoms with Crippen molar-refractivity contribution in [3.63, 3.8) is 0 Å². The lowest BCUT2D eigenvalue weighted by atomic mass is 10.4. The maximum absolute atomic E-state index is 12.5. The summed E-state index contributed by atoms with van der Waals surface area (Å²) in [5.74, 6) is 0.120. The summed E-state index contributed by atoms with van der Waals surface area (Å²) in [7, 11) is 5.71. The predicted molar refractivity (Wildman–Crippen MR) is 84.1 cm³/mol. The molecule has 0 spiro atoms. The van der Waals surface area contributed by atoms with Gasteiger partial charge in [0.1, 0.15) is 0 Å². The molecule has 0 saturated carbocycles. The molecule has 2 aromatic rings. The summed E-state index contributed by atoms with van der Waals surface area (Å²) in [6, 6.07) is 0. The summed E-state index contributed by atoms with van der Waals surface area (Å²) < 4.78 is 2.54. The zero-order chi connectivity index (χ0) is 15.0. The summed E-state index contributed by atoms with van der Waals surface area (Å²) in [5.41, 5.74) is 0.858. The van der Waals surface area contributed by atoms with E-state index in [-0.39, 0.29) is 11.2 Å². The minimum Gasteiger partial charge on any atom is -0.353 e. The SMILES string of the molecule is CN(C)c1nnc(SC2CCN(c3cnn(C)c3)C2=O)s1. The lowest BCUT2D eigenvalue weighted by molar-refractivity contribution is -0.116. The molecule has 3 heterocycles. The van der Waals surface area contributed by atoms with Crippen LogP contribution in [0.1, 0.15) is 6.42 Å². The van der Waals surface area contributed by atoms with Crippen LogP contribution in [0.4, 0.5) is 10.8 Å². The van der Waals surface area contributed by atoms with Crippen molar-refractivity contribution in [3.05, 3.63) is 12.4 Å². The summed E-state index contributed by atoms with van der Waals surface area (Å²) in [4.78, 5) is 16.2. The van der Waals surface area contributed by atoms with Gasteiger partial charge in [0.15, 0.2) is 4.34 Å². The van der Waals surface area contributed by atoms with Crippen LogP contribution in [0.3, 0.4) is 0 Å². The van der Waals surface area contributed by atoms with Crippen molar-refractivity contribution in [1.29, 1.82) is 0 Å². The molecule has 0 radical (unpaired) electrons. The quantitative estimate of drug-likeness (QED) is 0.843. The first-order chi connectivity index (χ1) is 10.0. The normalized spacial score (nSPS) is 18.5. The summed E-state index contributed by atoms with van der Waals surface area (Å²) >= 11 is 3.01. The fourth-order valence-electron chi connectivity index (χ4n) is 2.12. The van der Waals surface area contributed by atoms with Crippen LogP contribution in [-0.4, -0.2) is 51.8 Å². The van der Waals surface area contributed by atoms with Crippen LogP contribution in [-0.2, 0) is 11.8 Å². The monoisotopic (exact) mass is 324 g/mol. The van der Waals surface area contributed by atoms with Gasteiger partial charge in [0.2, 0.25) is 11.0 Å². The Hall–Kier alpha value is -1.61. The van der Waals surface area contributed by atoms with Gasteiger partial charge >= 0.3 is 0 Å². The Kier molecular flexibility index (Phi) is 3.85.